The van der Waals surface area contributed by atoms with Gasteiger partial charge in [0.2, 0.25) is 25.2 Å². The van der Waals surface area contributed by atoms with Crippen LogP contribution in [-0.2, 0) is 133 Å². The summed E-state index contributed by atoms with van der Waals surface area (Å²) in [7, 11) is 0. The van der Waals surface area contributed by atoms with E-state index < -0.39 is 36.0 Å². The number of carbonyl (C=O) groups is 10. The molecular weight excluding hydrogens is 1710 g/mol. The average Bonchev–Trinajstić information content (AvgIpc) is 1.87. The SMILES string of the molecule is CCC(C)(C)C(=O)OC(C)(C)C.CCC(C)(C)C(=O)OC(C)OC1CCCCC1.CCC(C)(C)C(=O)OC1CCCCO1.CCC(C)(C)C(=O)OC1CCCO1.CCC(C)C(=O)OC(C)(C)C.CCC(C)C(=O)OC(C)OC1CCCCC1.CCC(C)C(=O)OC1CCCCO1.CCC(C)C(=O)OC1CCCO1.CCOC(C)OC(=O)C(C)(C)CC.CCOC(C)OC(=O)C(C)CC. The van der Waals surface area contributed by atoms with E-state index in [9.17, 15) is 47.9 Å². The molecule has 4 saturated heterocycles. The van der Waals surface area contributed by atoms with Crippen LogP contribution in [-0.4, -0.2) is 173 Å². The third-order valence-electron chi connectivity index (χ3n) is 23.9. The van der Waals surface area contributed by atoms with Gasteiger partial charge in [0.1, 0.15) is 11.2 Å². The van der Waals surface area contributed by atoms with Crippen LogP contribution >= 0.6 is 0 Å². The third-order valence-corrected chi connectivity index (χ3v) is 23.9. The molecule has 28 nitrogen and oxygen atoms in total. The van der Waals surface area contributed by atoms with E-state index in [1.165, 1.54) is 38.5 Å². The fourth-order valence-corrected chi connectivity index (χ4v) is 11.0. The van der Waals surface area contributed by atoms with Crippen LogP contribution in [0, 0.1) is 56.7 Å². The zero-order valence-electron chi connectivity index (χ0n) is 91.0. The smallest absolute Gasteiger partial charge is 0.313 e. The first-order valence-corrected chi connectivity index (χ1v) is 50.9. The Labute approximate surface area is 807 Å². The molecule has 2 saturated carbocycles. The van der Waals surface area contributed by atoms with E-state index in [0.29, 0.717) is 26.4 Å². The van der Waals surface area contributed by atoms with Gasteiger partial charge in [0.05, 0.1) is 95.3 Å². The fraction of sp³-hybridized carbons (Fsp3) is 0.905. The number of esters is 10. The zero-order chi connectivity index (χ0) is 103. The van der Waals surface area contributed by atoms with Crippen molar-refractivity contribution < 1.29 is 133 Å². The van der Waals surface area contributed by atoms with E-state index in [0.717, 1.165) is 167 Å². The van der Waals surface area contributed by atoms with E-state index in [1.54, 1.807) is 13.8 Å². The number of hydrogen-bond acceptors (Lipinski definition) is 28. The Kier molecular flexibility index (Phi) is 73.0. The molecule has 0 spiro atoms. The molecule has 4 aliphatic heterocycles. The molecule has 6 rings (SSSR count). The molecule has 28 heteroatoms. The highest BCUT2D eigenvalue weighted by atomic mass is 16.7. The highest BCUT2D eigenvalue weighted by molar-refractivity contribution is 5.78. The van der Waals surface area contributed by atoms with Crippen molar-refractivity contribution in [1.82, 2.24) is 0 Å². The summed E-state index contributed by atoms with van der Waals surface area (Å²) in [6.45, 7) is 74.2. The third kappa shape index (κ3) is 66.6. The van der Waals surface area contributed by atoms with Crippen molar-refractivity contribution in [3.63, 3.8) is 0 Å². The van der Waals surface area contributed by atoms with Crippen molar-refractivity contribution in [2.45, 2.75) is 523 Å². The molecule has 4 heterocycles. The number of hydrogen-bond donors (Lipinski definition) is 0. The number of rotatable bonds is 36. The number of ether oxygens (including phenoxy) is 18. The Morgan fingerprint density at radius 1 is 0.256 bits per heavy atom. The maximum atomic E-state index is 11.8. The van der Waals surface area contributed by atoms with E-state index in [4.69, 9.17) is 85.3 Å². The van der Waals surface area contributed by atoms with Gasteiger partial charge in [-0.05, 0) is 281 Å². The summed E-state index contributed by atoms with van der Waals surface area (Å²) in [6.07, 6.45) is 27.4. The van der Waals surface area contributed by atoms with Gasteiger partial charge >= 0.3 is 59.7 Å². The lowest BCUT2D eigenvalue weighted by Crippen LogP contribution is -2.33. The first kappa shape index (κ1) is 134. The van der Waals surface area contributed by atoms with Gasteiger partial charge in [-0.3, -0.25) is 47.9 Å². The molecule has 13 atom stereocenters. The summed E-state index contributed by atoms with van der Waals surface area (Å²) >= 11 is 0. The molecule has 133 heavy (non-hydrogen) atoms. The molecule has 0 amide bonds. The summed E-state index contributed by atoms with van der Waals surface area (Å²) in [5.74, 6) is -1.52. The molecule has 2 aliphatic carbocycles. The Bertz CT molecular complexity index is 3060. The minimum atomic E-state index is -0.441. The molecule has 786 valence electrons. The predicted octanol–water partition coefficient (Wildman–Crippen LogP) is 24.8. The highest BCUT2D eigenvalue weighted by Crippen LogP contribution is 2.31. The van der Waals surface area contributed by atoms with Gasteiger partial charge in [-0.1, -0.05) is 142 Å². The molecule has 0 bridgehead atoms. The van der Waals surface area contributed by atoms with Gasteiger partial charge < -0.3 is 85.3 Å². The quantitative estimate of drug-likeness (QED) is 0.0319. The van der Waals surface area contributed by atoms with Crippen LogP contribution in [0.2, 0.25) is 0 Å². The lowest BCUT2D eigenvalue weighted by atomic mass is 9.90. The molecule has 0 aromatic rings. The largest absolute Gasteiger partial charge is 0.460 e. The van der Waals surface area contributed by atoms with Crippen molar-refractivity contribution in [2.24, 2.45) is 56.7 Å². The van der Waals surface area contributed by atoms with Crippen LogP contribution in [0.1, 0.15) is 449 Å². The van der Waals surface area contributed by atoms with Crippen LogP contribution in [0.15, 0.2) is 0 Å². The Balaban J connectivity index is -0.000000697. The average molecular weight is 1910 g/mol. The van der Waals surface area contributed by atoms with E-state index >= 15 is 0 Å². The minimum absolute atomic E-state index is 0.00537. The summed E-state index contributed by atoms with van der Waals surface area (Å²) < 4.78 is 94.5. The van der Waals surface area contributed by atoms with Crippen LogP contribution in [0.4, 0.5) is 0 Å². The molecular formula is C105H198O28. The van der Waals surface area contributed by atoms with E-state index in [2.05, 4.69) is 0 Å². The second kappa shape index (κ2) is 72.6. The Morgan fingerprint density at radius 3 is 0.767 bits per heavy atom. The second-order valence-electron chi connectivity index (χ2n) is 40.6. The zero-order valence-corrected chi connectivity index (χ0v) is 91.0. The summed E-state index contributed by atoms with van der Waals surface area (Å²) in [6, 6.07) is 0. The molecule has 6 fully saturated rings. The van der Waals surface area contributed by atoms with Gasteiger partial charge in [0.15, 0.2) is 25.2 Å². The summed E-state index contributed by atoms with van der Waals surface area (Å²) in [5.41, 5.74) is -2.67. The lowest BCUT2D eigenvalue weighted by Gasteiger charge is -2.28. The first-order chi connectivity index (χ1) is 61.8. The highest BCUT2D eigenvalue weighted by Gasteiger charge is 2.36. The predicted molar refractivity (Wildman–Crippen MR) is 520 cm³/mol. The van der Waals surface area contributed by atoms with Gasteiger partial charge in [-0.15, -0.1) is 0 Å². The van der Waals surface area contributed by atoms with Crippen molar-refractivity contribution in [1.29, 1.82) is 0 Å². The van der Waals surface area contributed by atoms with Crippen molar-refractivity contribution in [3.05, 3.63) is 0 Å². The molecule has 0 N–H and O–H groups in total. The monoisotopic (exact) mass is 1910 g/mol. The molecule has 13 unspecified atom stereocenters. The first-order valence-electron chi connectivity index (χ1n) is 50.9. The molecule has 0 aromatic carbocycles. The maximum Gasteiger partial charge on any atom is 0.313 e. The Hall–Kier alpha value is -5.62. The summed E-state index contributed by atoms with van der Waals surface area (Å²) in [4.78, 5) is 114. The van der Waals surface area contributed by atoms with Gasteiger partial charge in [0, 0.05) is 38.9 Å². The van der Waals surface area contributed by atoms with Crippen molar-refractivity contribution >= 4 is 59.7 Å². The summed E-state index contributed by atoms with van der Waals surface area (Å²) in [5, 5.41) is 0. The second-order valence-corrected chi connectivity index (χ2v) is 40.6. The van der Waals surface area contributed by atoms with Crippen LogP contribution in [0.25, 0.3) is 0 Å². The van der Waals surface area contributed by atoms with Crippen LogP contribution in [0.5, 0.6) is 0 Å². The molecule has 0 aromatic heterocycles. The van der Waals surface area contributed by atoms with Crippen LogP contribution in [0.3, 0.4) is 0 Å². The van der Waals surface area contributed by atoms with Gasteiger partial charge in [-0.2, -0.15) is 0 Å². The van der Waals surface area contributed by atoms with Crippen LogP contribution < -0.4 is 0 Å². The van der Waals surface area contributed by atoms with Gasteiger partial charge in [0.25, 0.3) is 0 Å². The molecule has 0 radical (unpaired) electrons. The van der Waals surface area contributed by atoms with Crippen molar-refractivity contribution in [2.75, 3.05) is 39.6 Å². The maximum absolute atomic E-state index is 11.8. The topological polar surface area (TPSA) is 337 Å². The number of carbonyl (C=O) groups excluding carboxylic acids is 10. The normalized spacial score (nSPS) is 19.7. The Morgan fingerprint density at radius 2 is 0.496 bits per heavy atom. The molecule has 6 aliphatic rings. The van der Waals surface area contributed by atoms with Gasteiger partial charge in [-0.25, -0.2) is 0 Å². The fourth-order valence-electron chi connectivity index (χ4n) is 11.0. The van der Waals surface area contributed by atoms with Crippen molar-refractivity contribution in [3.8, 4) is 0 Å². The lowest BCUT2D eigenvalue weighted by molar-refractivity contribution is -0.197. The van der Waals surface area contributed by atoms with E-state index in [1.807, 2.05) is 242 Å². The van der Waals surface area contributed by atoms with E-state index in [-0.39, 0.29) is 154 Å². The standard InChI is InChI=1S/C14H26O3.C13H24O3.C11H20O3.2C10H18O3.C10H20O3.C10H20O2.C9H16O3.C9H18O3.C9H18O2/c1-5-14(3,4)13(15)17-11(2)16-12-9-7-6-8-10-12;1-4-10(2)13(14)16-11(3)15-12-8-6-5-7-9-12;1-4-11(2,3)10(12)14-9-7-5-6-8-13-9;1-4-10(2,3)9(11)13-8-6-5-7-12-8;1-3-8(2)10(11)13-9-6-4-5-7-12-9;1-6-10(4,5)9(11)13-8(3)12-7-2;1-7-10(5,6)8(11)12-9(2,3)4;1-3-7(2)9(10)12-8-5-4-6-11-8;1-5-7(3)9(10)12-8(4)11-6-2;1-6-7(2)8(10)11-9(3,4)5/h11-12H,5-10H2,1-4H3;10-12H,4-9H2,1-3H3;9H,4-8H2,1-3H3;8H,4-7H2,1-3H3;8-9H,3-7H2,1-2H3;8H,6-7H2,1-5H3;7H2,1-6H3;7-8H,3-6H2,1-2H3;7-8H,5-6H2,1-4H3;7H,6H2,1-5H3. The minimum Gasteiger partial charge on any atom is -0.460 e.